The van der Waals surface area contributed by atoms with Gasteiger partial charge in [0, 0.05) is 32.2 Å². The van der Waals surface area contributed by atoms with Gasteiger partial charge < -0.3 is 24.2 Å². The zero-order valence-corrected chi connectivity index (χ0v) is 16.3. The van der Waals surface area contributed by atoms with E-state index < -0.39 is 5.60 Å². The van der Waals surface area contributed by atoms with E-state index in [1.807, 2.05) is 0 Å². The van der Waals surface area contributed by atoms with Gasteiger partial charge in [-0.05, 0) is 44.0 Å². The molecule has 0 saturated carbocycles. The summed E-state index contributed by atoms with van der Waals surface area (Å²) < 4.78 is 29.4. The van der Waals surface area contributed by atoms with Gasteiger partial charge in [-0.15, -0.1) is 0 Å². The average molecular weight is 396 g/mol. The number of benzene rings is 1. The maximum atomic E-state index is 13.0. The zero-order valence-electron chi connectivity index (χ0n) is 16.3. The van der Waals surface area contributed by atoms with Crippen LogP contribution in [0.5, 0.6) is 5.75 Å². The van der Waals surface area contributed by atoms with Crippen LogP contribution in [-0.4, -0.2) is 85.2 Å². The van der Waals surface area contributed by atoms with Gasteiger partial charge in [0.05, 0.1) is 19.8 Å². The molecule has 1 amide bonds. The standard InChI is InChI=1S/C20H29FN2O5/c1-2-27-19(24)22-9-7-17(8-10-22)23-11-12-26-14-20(25,13-23)15-28-18-5-3-16(21)4-6-18/h3-6,17,25H,2,7-15H2,1H3/t20-/m1/s1. The maximum absolute atomic E-state index is 13.0. The number of hydrogen-bond donors (Lipinski definition) is 1. The Bertz CT molecular complexity index is 636. The Labute approximate surface area is 165 Å². The van der Waals surface area contributed by atoms with Gasteiger partial charge in [-0.1, -0.05) is 0 Å². The largest absolute Gasteiger partial charge is 0.490 e. The molecule has 7 nitrogen and oxygen atoms in total. The highest BCUT2D eigenvalue weighted by Crippen LogP contribution is 2.23. The third-order valence-corrected chi connectivity index (χ3v) is 5.22. The molecule has 2 saturated heterocycles. The fourth-order valence-electron chi connectivity index (χ4n) is 3.72. The number of aliphatic hydroxyl groups is 1. The number of β-amino-alcohol motifs (C(OH)–C–C–N with tert-alkyl or cyclic N) is 1. The Morgan fingerprint density at radius 1 is 1.29 bits per heavy atom. The summed E-state index contributed by atoms with van der Waals surface area (Å²) in [5, 5.41) is 11.0. The molecule has 1 aromatic carbocycles. The van der Waals surface area contributed by atoms with Crippen molar-refractivity contribution in [2.24, 2.45) is 0 Å². The van der Waals surface area contributed by atoms with E-state index in [-0.39, 0.29) is 31.2 Å². The summed E-state index contributed by atoms with van der Waals surface area (Å²) in [6.45, 7) is 5.41. The summed E-state index contributed by atoms with van der Waals surface area (Å²) in [6.07, 6.45) is 1.39. The maximum Gasteiger partial charge on any atom is 0.409 e. The number of carbonyl (C=O) groups is 1. The van der Waals surface area contributed by atoms with Crippen LogP contribution in [0.3, 0.4) is 0 Å². The summed E-state index contributed by atoms with van der Waals surface area (Å²) >= 11 is 0. The highest BCUT2D eigenvalue weighted by atomic mass is 19.1. The lowest BCUT2D eigenvalue weighted by molar-refractivity contribution is -0.0688. The smallest absolute Gasteiger partial charge is 0.409 e. The van der Waals surface area contributed by atoms with Gasteiger partial charge in [0.1, 0.15) is 23.8 Å². The molecule has 0 aromatic heterocycles. The molecule has 1 atom stereocenters. The molecule has 156 valence electrons. The van der Waals surface area contributed by atoms with Gasteiger partial charge in [0.2, 0.25) is 0 Å². The molecule has 0 aliphatic carbocycles. The summed E-state index contributed by atoms with van der Waals surface area (Å²) in [5.74, 6) is 0.178. The van der Waals surface area contributed by atoms with Crippen molar-refractivity contribution < 1.29 is 28.5 Å². The van der Waals surface area contributed by atoms with Crippen molar-refractivity contribution in [3.63, 3.8) is 0 Å². The summed E-state index contributed by atoms with van der Waals surface area (Å²) in [4.78, 5) is 15.8. The first kappa shape index (κ1) is 20.8. The molecule has 3 rings (SSSR count). The first-order valence-corrected chi connectivity index (χ1v) is 9.83. The fraction of sp³-hybridized carbons (Fsp3) is 0.650. The zero-order chi connectivity index (χ0) is 20.0. The van der Waals surface area contributed by atoms with E-state index in [1.165, 1.54) is 12.1 Å². The van der Waals surface area contributed by atoms with E-state index in [0.29, 0.717) is 38.6 Å². The minimum Gasteiger partial charge on any atom is -0.490 e. The van der Waals surface area contributed by atoms with Gasteiger partial charge in [0.25, 0.3) is 0 Å². The summed E-state index contributed by atoms with van der Waals surface area (Å²) in [7, 11) is 0. The van der Waals surface area contributed by atoms with Crippen LogP contribution in [0.4, 0.5) is 9.18 Å². The SMILES string of the molecule is CCOC(=O)N1CCC(N2CCOC[C@@](O)(COc3ccc(F)cc3)C2)CC1. The number of piperidine rings is 1. The Kier molecular flexibility index (Phi) is 7.09. The molecule has 0 bridgehead atoms. The van der Waals surface area contributed by atoms with Gasteiger partial charge >= 0.3 is 6.09 Å². The normalized spacial score (nSPS) is 24.6. The lowest BCUT2D eigenvalue weighted by Gasteiger charge is -2.39. The Hall–Kier alpha value is -1.90. The van der Waals surface area contributed by atoms with Crippen LogP contribution < -0.4 is 4.74 Å². The number of nitrogens with zero attached hydrogens (tertiary/aromatic N) is 2. The molecule has 2 fully saturated rings. The lowest BCUT2D eigenvalue weighted by atomic mass is 10.00. The molecule has 2 aliphatic heterocycles. The van der Waals surface area contributed by atoms with Crippen LogP contribution >= 0.6 is 0 Å². The van der Waals surface area contributed by atoms with E-state index in [9.17, 15) is 14.3 Å². The molecule has 0 radical (unpaired) electrons. The van der Waals surface area contributed by atoms with Crippen LogP contribution in [-0.2, 0) is 9.47 Å². The van der Waals surface area contributed by atoms with E-state index in [4.69, 9.17) is 14.2 Å². The van der Waals surface area contributed by atoms with Crippen LogP contribution in [0.15, 0.2) is 24.3 Å². The van der Waals surface area contributed by atoms with Crippen LogP contribution in [0.2, 0.25) is 0 Å². The highest BCUT2D eigenvalue weighted by Gasteiger charge is 2.37. The summed E-state index contributed by atoms with van der Waals surface area (Å²) in [5.41, 5.74) is -1.15. The van der Waals surface area contributed by atoms with Crippen molar-refractivity contribution in [3.05, 3.63) is 30.1 Å². The van der Waals surface area contributed by atoms with Crippen molar-refractivity contribution >= 4 is 6.09 Å². The number of ether oxygens (including phenoxy) is 3. The van der Waals surface area contributed by atoms with Crippen molar-refractivity contribution in [1.29, 1.82) is 0 Å². The molecule has 28 heavy (non-hydrogen) atoms. The van der Waals surface area contributed by atoms with Gasteiger partial charge in [-0.3, -0.25) is 4.90 Å². The second kappa shape index (κ2) is 9.54. The third kappa shape index (κ3) is 5.56. The summed E-state index contributed by atoms with van der Waals surface area (Å²) in [6, 6.07) is 6.00. The quantitative estimate of drug-likeness (QED) is 0.820. The second-order valence-electron chi connectivity index (χ2n) is 7.41. The number of hydrogen-bond acceptors (Lipinski definition) is 6. The third-order valence-electron chi connectivity index (χ3n) is 5.22. The predicted octanol–water partition coefficient (Wildman–Crippen LogP) is 1.89. The van der Waals surface area contributed by atoms with Crippen LogP contribution in [0.25, 0.3) is 0 Å². The average Bonchev–Trinajstić information content (AvgIpc) is 2.90. The number of halogens is 1. The van der Waals surface area contributed by atoms with E-state index in [1.54, 1.807) is 24.0 Å². The van der Waals surface area contributed by atoms with E-state index in [0.717, 1.165) is 19.4 Å². The number of amides is 1. The van der Waals surface area contributed by atoms with Crippen molar-refractivity contribution in [2.75, 3.05) is 52.6 Å². The minimum atomic E-state index is -1.15. The van der Waals surface area contributed by atoms with Crippen LogP contribution in [0, 0.1) is 5.82 Å². The molecule has 0 unspecified atom stereocenters. The molecule has 2 aliphatic rings. The topological polar surface area (TPSA) is 71.5 Å². The monoisotopic (exact) mass is 396 g/mol. The Morgan fingerprint density at radius 3 is 2.68 bits per heavy atom. The molecule has 1 aromatic rings. The van der Waals surface area contributed by atoms with Crippen LogP contribution in [0.1, 0.15) is 19.8 Å². The fourth-order valence-corrected chi connectivity index (χ4v) is 3.72. The van der Waals surface area contributed by atoms with Crippen molar-refractivity contribution in [1.82, 2.24) is 9.80 Å². The van der Waals surface area contributed by atoms with E-state index in [2.05, 4.69) is 4.90 Å². The molecular formula is C20H29FN2O5. The molecular weight excluding hydrogens is 367 g/mol. The molecule has 1 N–H and O–H groups in total. The molecule has 0 spiro atoms. The highest BCUT2D eigenvalue weighted by molar-refractivity contribution is 5.67. The first-order valence-electron chi connectivity index (χ1n) is 9.83. The number of carbonyl (C=O) groups excluding carboxylic acids is 1. The van der Waals surface area contributed by atoms with Gasteiger partial charge in [-0.2, -0.15) is 0 Å². The molecule has 8 heteroatoms. The number of likely N-dealkylation sites (tertiary alicyclic amines) is 1. The predicted molar refractivity (Wildman–Crippen MR) is 101 cm³/mol. The molecule has 2 heterocycles. The minimum absolute atomic E-state index is 0.0663. The number of rotatable bonds is 5. The van der Waals surface area contributed by atoms with E-state index >= 15 is 0 Å². The Balaban J connectivity index is 1.54. The lowest BCUT2D eigenvalue weighted by Crippen LogP contribution is -2.54. The first-order chi connectivity index (χ1) is 13.5. The van der Waals surface area contributed by atoms with Crippen molar-refractivity contribution in [2.45, 2.75) is 31.4 Å². The second-order valence-corrected chi connectivity index (χ2v) is 7.41. The van der Waals surface area contributed by atoms with Gasteiger partial charge in [-0.25, -0.2) is 9.18 Å². The van der Waals surface area contributed by atoms with Gasteiger partial charge in [0.15, 0.2) is 0 Å². The van der Waals surface area contributed by atoms with Crippen molar-refractivity contribution in [3.8, 4) is 5.75 Å². The Morgan fingerprint density at radius 2 is 2.00 bits per heavy atom.